The molecule has 158 valence electrons. The number of nitrogens with zero attached hydrogens (tertiary/aromatic N) is 1. The summed E-state index contributed by atoms with van der Waals surface area (Å²) >= 11 is 0. The number of ether oxygens (including phenoxy) is 1. The molecule has 0 spiro atoms. The van der Waals surface area contributed by atoms with Gasteiger partial charge in [-0.25, -0.2) is 0 Å². The van der Waals surface area contributed by atoms with E-state index in [9.17, 15) is 20.3 Å². The molecule has 0 aliphatic heterocycles. The van der Waals surface area contributed by atoms with Gasteiger partial charge in [0.1, 0.15) is 6.61 Å². The molecule has 0 fully saturated rings. The summed E-state index contributed by atoms with van der Waals surface area (Å²) in [6.07, 6.45) is 0.685. The predicted molar refractivity (Wildman–Crippen MR) is 103 cm³/mol. The van der Waals surface area contributed by atoms with Crippen molar-refractivity contribution in [1.29, 1.82) is 0 Å². The van der Waals surface area contributed by atoms with Gasteiger partial charge < -0.3 is 33.5 Å². The number of nitrogens with one attached hydrogen (secondary N) is 1. The summed E-state index contributed by atoms with van der Waals surface area (Å²) in [4.78, 5) is 10.7. The fourth-order valence-electron chi connectivity index (χ4n) is 2.61. The molecule has 0 saturated carbocycles. The molecule has 0 saturated heterocycles. The minimum Gasteiger partial charge on any atom is -0.475 e. The average molecular weight is 417 g/mol. The quantitative estimate of drug-likeness (QED) is 0.135. The maximum absolute atomic E-state index is 11.3. The highest BCUT2D eigenvalue weighted by Crippen LogP contribution is 2.25. The van der Waals surface area contributed by atoms with Crippen molar-refractivity contribution in [2.24, 2.45) is 0 Å². The molecule has 0 heterocycles. The smallest absolute Gasteiger partial charge is 0.475 e. The van der Waals surface area contributed by atoms with Gasteiger partial charge in [0.15, 0.2) is 5.88 Å². The van der Waals surface area contributed by atoms with Gasteiger partial charge in [-0.2, -0.15) is 0 Å². The number of nitro benzene ring substituents is 1. The highest BCUT2D eigenvalue weighted by Gasteiger charge is 2.36. The van der Waals surface area contributed by atoms with E-state index in [1.807, 2.05) is 0 Å². The van der Waals surface area contributed by atoms with Crippen LogP contribution in [0.4, 0.5) is 5.69 Å². The van der Waals surface area contributed by atoms with Crippen LogP contribution in [0.2, 0.25) is 6.04 Å². The Kier molecular flexibility index (Phi) is 10.1. The van der Waals surface area contributed by atoms with Crippen molar-refractivity contribution >= 4 is 14.5 Å². The van der Waals surface area contributed by atoms with Crippen LogP contribution in [0.3, 0.4) is 0 Å². The van der Waals surface area contributed by atoms with E-state index in [0.717, 1.165) is 0 Å². The second-order valence-electron chi connectivity index (χ2n) is 5.86. The van der Waals surface area contributed by atoms with Crippen LogP contribution in [-0.2, 0) is 37.8 Å². The number of aliphatic hydroxyl groups is 2. The van der Waals surface area contributed by atoms with Crippen LogP contribution in [0.15, 0.2) is 24.6 Å². The minimum absolute atomic E-state index is 0.103. The lowest BCUT2D eigenvalue weighted by Crippen LogP contribution is -2.43. The molecule has 11 heteroatoms. The van der Waals surface area contributed by atoms with Crippen molar-refractivity contribution in [2.45, 2.75) is 32.3 Å². The van der Waals surface area contributed by atoms with E-state index in [0.29, 0.717) is 30.1 Å². The molecule has 1 aromatic carbocycles. The molecule has 0 amide bonds. The molecule has 10 nitrogen and oxygen atoms in total. The second-order valence-corrected chi connectivity index (χ2v) is 8.95. The van der Waals surface area contributed by atoms with E-state index in [2.05, 4.69) is 11.9 Å². The molecular formula is C17H28N2O8Si. The van der Waals surface area contributed by atoms with Crippen molar-refractivity contribution in [3.63, 3.8) is 0 Å². The summed E-state index contributed by atoms with van der Waals surface area (Å²) in [7, 11) is 2.01. The first-order valence-electron chi connectivity index (χ1n) is 8.58. The summed E-state index contributed by atoms with van der Waals surface area (Å²) in [5, 5.41) is 32.9. The van der Waals surface area contributed by atoms with Gasteiger partial charge in [0.2, 0.25) is 0 Å². The monoisotopic (exact) mass is 416 g/mol. The topological polar surface area (TPSA) is 133 Å². The first-order chi connectivity index (χ1) is 13.4. The van der Waals surface area contributed by atoms with Crippen molar-refractivity contribution in [2.75, 3.05) is 27.9 Å². The summed E-state index contributed by atoms with van der Waals surface area (Å²) < 4.78 is 21.5. The fourth-order valence-corrected chi connectivity index (χ4v) is 4.33. The first-order valence-corrected chi connectivity index (χ1v) is 10.5. The van der Waals surface area contributed by atoms with Gasteiger partial charge in [-0.3, -0.25) is 10.1 Å². The molecule has 1 rings (SSSR count). The lowest BCUT2D eigenvalue weighted by Gasteiger charge is -2.24. The van der Waals surface area contributed by atoms with Crippen LogP contribution in [0.5, 0.6) is 0 Å². The predicted octanol–water partition coefficient (Wildman–Crippen LogP) is 1.42. The van der Waals surface area contributed by atoms with Gasteiger partial charge in [-0.15, -0.1) is 0 Å². The Hall–Kier alpha value is -2.02. The molecule has 3 N–H and O–H groups in total. The second kappa shape index (κ2) is 11.7. The summed E-state index contributed by atoms with van der Waals surface area (Å²) in [6, 6.07) is 3.29. The maximum atomic E-state index is 11.3. The molecule has 0 atom stereocenters. The number of hydrogen-bond acceptors (Lipinski definition) is 9. The summed E-state index contributed by atoms with van der Waals surface area (Å²) in [5.41, 5.74) is 0.797. The van der Waals surface area contributed by atoms with Crippen molar-refractivity contribution < 1.29 is 33.2 Å². The van der Waals surface area contributed by atoms with Gasteiger partial charge in [-0.05, 0) is 30.2 Å². The number of hydrogen-bond donors (Lipinski definition) is 3. The largest absolute Gasteiger partial charge is 0.500 e. The average Bonchev–Trinajstić information content (AvgIpc) is 2.72. The Balaban J connectivity index is 2.62. The van der Waals surface area contributed by atoms with Gasteiger partial charge >= 0.3 is 8.80 Å². The van der Waals surface area contributed by atoms with Gasteiger partial charge in [0.25, 0.3) is 5.69 Å². The molecule has 28 heavy (non-hydrogen) atoms. The van der Waals surface area contributed by atoms with E-state index in [4.69, 9.17) is 18.0 Å². The van der Waals surface area contributed by atoms with Crippen LogP contribution >= 0.6 is 0 Å². The third kappa shape index (κ3) is 6.55. The van der Waals surface area contributed by atoms with E-state index >= 15 is 0 Å². The number of benzene rings is 1. The van der Waals surface area contributed by atoms with Crippen LogP contribution in [0, 0.1) is 10.1 Å². The molecular weight excluding hydrogens is 388 g/mol. The van der Waals surface area contributed by atoms with E-state index in [1.165, 1.54) is 12.1 Å². The van der Waals surface area contributed by atoms with Crippen LogP contribution < -0.4 is 5.32 Å². The third-order valence-corrected chi connectivity index (χ3v) is 7.09. The Morgan fingerprint density at radius 3 is 2.21 bits per heavy atom. The molecule has 0 bridgehead atoms. The molecule has 0 radical (unpaired) electrons. The standard InChI is InChI=1S/C17H28N2O8Si/c1-13(18-6-5-7-28(24-2,25-3)26-4)27-12-16-8-14(10-20)15(11-21)9-17(16)19(22)23/h8-9,18,20-21H,1,5-7,10-12H2,2-4H3. The van der Waals surface area contributed by atoms with Crippen molar-refractivity contribution in [3.8, 4) is 0 Å². The van der Waals surface area contributed by atoms with Gasteiger partial charge in [-0.1, -0.05) is 0 Å². The zero-order chi connectivity index (χ0) is 21.2. The summed E-state index contributed by atoms with van der Waals surface area (Å²) in [5.74, 6) is 0.255. The van der Waals surface area contributed by atoms with E-state index in [-0.39, 0.29) is 30.3 Å². The van der Waals surface area contributed by atoms with Crippen molar-refractivity contribution in [3.05, 3.63) is 51.4 Å². The molecule has 0 aromatic heterocycles. The van der Waals surface area contributed by atoms with E-state index < -0.39 is 20.3 Å². The molecule has 0 aliphatic carbocycles. The lowest BCUT2D eigenvalue weighted by molar-refractivity contribution is -0.386. The number of rotatable bonds is 14. The minimum atomic E-state index is -2.63. The molecule has 0 aliphatic rings. The van der Waals surface area contributed by atoms with Crippen LogP contribution in [0.25, 0.3) is 0 Å². The Labute approximate surface area is 165 Å². The van der Waals surface area contributed by atoms with Crippen LogP contribution in [-0.4, -0.2) is 51.8 Å². The zero-order valence-electron chi connectivity index (χ0n) is 16.4. The highest BCUT2D eigenvalue weighted by atomic mass is 28.4. The van der Waals surface area contributed by atoms with Gasteiger partial charge in [0.05, 0.1) is 23.7 Å². The maximum Gasteiger partial charge on any atom is 0.500 e. The van der Waals surface area contributed by atoms with E-state index in [1.54, 1.807) is 21.3 Å². The Morgan fingerprint density at radius 1 is 1.14 bits per heavy atom. The van der Waals surface area contributed by atoms with Gasteiger partial charge in [0, 0.05) is 40.0 Å². The Morgan fingerprint density at radius 2 is 1.71 bits per heavy atom. The van der Waals surface area contributed by atoms with Crippen LogP contribution in [0.1, 0.15) is 23.1 Å². The fraction of sp³-hybridized carbons (Fsp3) is 0.529. The molecule has 1 aromatic rings. The first kappa shape index (κ1) is 24.0. The summed E-state index contributed by atoms with van der Waals surface area (Å²) in [6.45, 7) is 3.42. The lowest BCUT2D eigenvalue weighted by atomic mass is 10.0. The third-order valence-electron chi connectivity index (χ3n) is 4.26. The normalized spacial score (nSPS) is 11.3. The molecule has 0 unspecified atom stereocenters. The Bertz CT molecular complexity index is 659. The SMILES string of the molecule is C=C(NCCC[Si](OC)(OC)OC)OCc1cc(CO)c(CO)cc1[N+](=O)[O-]. The highest BCUT2D eigenvalue weighted by molar-refractivity contribution is 6.60. The number of nitro groups is 1. The van der Waals surface area contributed by atoms with Crippen molar-refractivity contribution in [1.82, 2.24) is 5.32 Å². The zero-order valence-corrected chi connectivity index (χ0v) is 17.4. The number of aliphatic hydroxyl groups excluding tert-OH is 2.